The molecule has 4 rings (SSSR count). The quantitative estimate of drug-likeness (QED) is 0.682. The van der Waals surface area contributed by atoms with Crippen LogP contribution in [0, 0.1) is 0 Å². The van der Waals surface area contributed by atoms with Crippen LogP contribution in [0.1, 0.15) is 17.5 Å². The van der Waals surface area contributed by atoms with Gasteiger partial charge in [0.05, 0.1) is 0 Å². The number of aromatic amines is 1. The molecule has 0 saturated carbocycles. The Bertz CT molecular complexity index is 1010. The highest BCUT2D eigenvalue weighted by Gasteiger charge is 2.23. The number of fused-ring (bicyclic) bond motifs is 1. The molecule has 148 valence electrons. The summed E-state index contributed by atoms with van der Waals surface area (Å²) in [5, 5.41) is 1.18. The Kier molecular flexibility index (Phi) is 5.75. The van der Waals surface area contributed by atoms with Crippen LogP contribution in [0.15, 0.2) is 66.9 Å². The molecule has 1 aromatic heterocycles. The van der Waals surface area contributed by atoms with E-state index < -0.39 is 0 Å². The van der Waals surface area contributed by atoms with E-state index in [4.69, 9.17) is 0 Å². The molecule has 5 heteroatoms. The lowest BCUT2D eigenvalue weighted by molar-refractivity contribution is -0.137. The van der Waals surface area contributed by atoms with Gasteiger partial charge in [0.1, 0.15) is 0 Å². The molecule has 0 atom stereocenters. The molecule has 2 aromatic carbocycles. The van der Waals surface area contributed by atoms with E-state index in [1.54, 1.807) is 6.08 Å². The number of amides is 2. The van der Waals surface area contributed by atoms with Crippen molar-refractivity contribution >= 4 is 28.8 Å². The molecule has 0 bridgehead atoms. The first-order valence-electron chi connectivity index (χ1n) is 10.1. The summed E-state index contributed by atoms with van der Waals surface area (Å²) in [6.07, 6.45) is 6.66. The van der Waals surface area contributed by atoms with Gasteiger partial charge in [0.2, 0.25) is 11.8 Å². The number of nitrogens with one attached hydrogen (secondary N) is 1. The number of H-pyrrole nitrogens is 1. The fraction of sp³-hybridized carbons (Fsp3) is 0.250. The van der Waals surface area contributed by atoms with Gasteiger partial charge in [0, 0.05) is 55.8 Å². The lowest BCUT2D eigenvalue weighted by atomic mass is 10.1. The highest BCUT2D eigenvalue weighted by atomic mass is 16.2. The Hall–Kier alpha value is -3.34. The second-order valence-corrected chi connectivity index (χ2v) is 7.31. The molecular formula is C24H25N3O2. The molecular weight excluding hydrogens is 362 g/mol. The number of aromatic nitrogens is 1. The molecule has 1 fully saturated rings. The molecule has 29 heavy (non-hydrogen) atoms. The molecule has 0 radical (unpaired) electrons. The Morgan fingerprint density at radius 2 is 1.59 bits per heavy atom. The molecule has 2 heterocycles. The van der Waals surface area contributed by atoms with Crippen LogP contribution in [0.2, 0.25) is 0 Å². The SMILES string of the molecule is O=C(C=Cc1ccccc1)N1CCN(C(=O)CCc2c[nH]c3ccccc23)CC1. The van der Waals surface area contributed by atoms with Gasteiger partial charge in [-0.25, -0.2) is 0 Å². The summed E-state index contributed by atoms with van der Waals surface area (Å²) in [5.41, 5.74) is 3.28. The van der Waals surface area contributed by atoms with Gasteiger partial charge in [0.25, 0.3) is 0 Å². The van der Waals surface area contributed by atoms with Crippen molar-refractivity contribution in [2.24, 2.45) is 0 Å². The van der Waals surface area contributed by atoms with Crippen LogP contribution in [0.3, 0.4) is 0 Å². The average molecular weight is 387 g/mol. The topological polar surface area (TPSA) is 56.4 Å². The van der Waals surface area contributed by atoms with Gasteiger partial charge < -0.3 is 14.8 Å². The minimum atomic E-state index is -0.000236. The minimum Gasteiger partial charge on any atom is -0.361 e. The number of aryl methyl sites for hydroxylation is 1. The van der Waals surface area contributed by atoms with Gasteiger partial charge in [-0.05, 0) is 29.7 Å². The van der Waals surface area contributed by atoms with Crippen LogP contribution in [0.5, 0.6) is 0 Å². The van der Waals surface area contributed by atoms with E-state index in [-0.39, 0.29) is 11.8 Å². The number of benzene rings is 2. The fourth-order valence-corrected chi connectivity index (χ4v) is 3.75. The molecule has 1 saturated heterocycles. The lowest BCUT2D eigenvalue weighted by Crippen LogP contribution is -2.50. The Labute approximate surface area is 170 Å². The van der Waals surface area contributed by atoms with E-state index in [0.29, 0.717) is 32.6 Å². The number of hydrogen-bond donors (Lipinski definition) is 1. The van der Waals surface area contributed by atoms with Gasteiger partial charge in [-0.3, -0.25) is 9.59 Å². The van der Waals surface area contributed by atoms with Crippen LogP contribution in [0.25, 0.3) is 17.0 Å². The van der Waals surface area contributed by atoms with Crippen LogP contribution in [-0.2, 0) is 16.0 Å². The van der Waals surface area contributed by atoms with Crippen molar-refractivity contribution in [3.8, 4) is 0 Å². The summed E-state index contributed by atoms with van der Waals surface area (Å²) in [5.74, 6) is 0.155. The van der Waals surface area contributed by atoms with Crippen molar-refractivity contribution in [3.63, 3.8) is 0 Å². The summed E-state index contributed by atoms with van der Waals surface area (Å²) in [4.78, 5) is 31.9. The molecule has 3 aromatic rings. The van der Waals surface area contributed by atoms with Gasteiger partial charge >= 0.3 is 0 Å². The molecule has 1 aliphatic rings. The van der Waals surface area contributed by atoms with Gasteiger partial charge in [-0.1, -0.05) is 48.5 Å². The van der Waals surface area contributed by atoms with E-state index in [0.717, 1.165) is 17.5 Å². The van der Waals surface area contributed by atoms with Crippen LogP contribution < -0.4 is 0 Å². The third-order valence-corrected chi connectivity index (χ3v) is 5.45. The summed E-state index contributed by atoms with van der Waals surface area (Å²) < 4.78 is 0. The first-order chi connectivity index (χ1) is 14.2. The Balaban J connectivity index is 1.26. The van der Waals surface area contributed by atoms with E-state index in [2.05, 4.69) is 11.1 Å². The predicted molar refractivity (Wildman–Crippen MR) is 115 cm³/mol. The highest BCUT2D eigenvalue weighted by Crippen LogP contribution is 2.19. The molecule has 1 N–H and O–H groups in total. The third-order valence-electron chi connectivity index (χ3n) is 5.45. The van der Waals surface area contributed by atoms with Crippen molar-refractivity contribution in [3.05, 3.63) is 78.0 Å². The normalized spacial score (nSPS) is 14.6. The molecule has 2 amide bonds. The van der Waals surface area contributed by atoms with Crippen molar-refractivity contribution in [1.82, 2.24) is 14.8 Å². The number of rotatable bonds is 5. The number of carbonyl (C=O) groups excluding carboxylic acids is 2. The Morgan fingerprint density at radius 3 is 2.38 bits per heavy atom. The average Bonchev–Trinajstić information content (AvgIpc) is 3.20. The molecule has 0 spiro atoms. The zero-order valence-electron chi connectivity index (χ0n) is 16.4. The van der Waals surface area contributed by atoms with Crippen LogP contribution in [0.4, 0.5) is 0 Å². The maximum Gasteiger partial charge on any atom is 0.246 e. The first-order valence-corrected chi connectivity index (χ1v) is 10.1. The van der Waals surface area contributed by atoms with Crippen molar-refractivity contribution in [1.29, 1.82) is 0 Å². The van der Waals surface area contributed by atoms with E-state index in [9.17, 15) is 9.59 Å². The first kappa shape index (κ1) is 19.0. The summed E-state index contributed by atoms with van der Waals surface area (Å²) in [7, 11) is 0. The third kappa shape index (κ3) is 4.57. The van der Waals surface area contributed by atoms with Crippen molar-refractivity contribution in [2.75, 3.05) is 26.2 Å². The van der Waals surface area contributed by atoms with Gasteiger partial charge in [0.15, 0.2) is 0 Å². The monoisotopic (exact) mass is 387 g/mol. The van der Waals surface area contributed by atoms with Gasteiger partial charge in [-0.2, -0.15) is 0 Å². The second kappa shape index (κ2) is 8.78. The van der Waals surface area contributed by atoms with Crippen LogP contribution >= 0.6 is 0 Å². The van der Waals surface area contributed by atoms with Crippen LogP contribution in [-0.4, -0.2) is 52.8 Å². The van der Waals surface area contributed by atoms with Crippen molar-refractivity contribution in [2.45, 2.75) is 12.8 Å². The fourth-order valence-electron chi connectivity index (χ4n) is 3.75. The summed E-state index contributed by atoms with van der Waals surface area (Å²) >= 11 is 0. The maximum atomic E-state index is 12.6. The number of hydrogen-bond acceptors (Lipinski definition) is 2. The largest absolute Gasteiger partial charge is 0.361 e. The minimum absolute atomic E-state index is 0.000236. The molecule has 0 aliphatic carbocycles. The standard InChI is InChI=1S/C24H25N3O2/c28-23(12-10-19-6-2-1-3-7-19)26-14-16-27(17-15-26)24(29)13-11-20-18-25-22-9-5-4-8-21(20)22/h1-10,12,18,25H,11,13-17H2. The highest BCUT2D eigenvalue weighted by molar-refractivity contribution is 5.92. The second-order valence-electron chi connectivity index (χ2n) is 7.31. The van der Waals surface area contributed by atoms with E-state index in [1.807, 2.05) is 70.6 Å². The predicted octanol–water partition coefficient (Wildman–Crippen LogP) is 3.48. The number of para-hydroxylation sites is 1. The zero-order valence-corrected chi connectivity index (χ0v) is 16.4. The molecule has 0 unspecified atom stereocenters. The Morgan fingerprint density at radius 1 is 0.897 bits per heavy atom. The maximum absolute atomic E-state index is 12.6. The summed E-state index contributed by atoms with van der Waals surface area (Å²) in [6, 6.07) is 17.9. The number of carbonyl (C=O) groups is 2. The van der Waals surface area contributed by atoms with E-state index in [1.165, 1.54) is 10.9 Å². The smallest absolute Gasteiger partial charge is 0.246 e. The number of piperazine rings is 1. The van der Waals surface area contributed by atoms with E-state index >= 15 is 0 Å². The zero-order chi connectivity index (χ0) is 20.1. The van der Waals surface area contributed by atoms with Gasteiger partial charge in [-0.15, -0.1) is 0 Å². The summed E-state index contributed by atoms with van der Waals surface area (Å²) in [6.45, 7) is 2.35. The number of nitrogens with zero attached hydrogens (tertiary/aromatic N) is 2. The lowest BCUT2D eigenvalue weighted by Gasteiger charge is -2.34. The molecule has 1 aliphatic heterocycles. The molecule has 5 nitrogen and oxygen atoms in total. The van der Waals surface area contributed by atoms with Crippen molar-refractivity contribution < 1.29 is 9.59 Å².